The van der Waals surface area contributed by atoms with Gasteiger partial charge in [0.15, 0.2) is 37.5 Å². The number of hydrogen-bond donors (Lipinski definition) is 0. The van der Waals surface area contributed by atoms with E-state index in [2.05, 4.69) is 126 Å². The van der Waals surface area contributed by atoms with Crippen LogP contribution in [-0.4, -0.2) is 101 Å². The third-order valence-corrected chi connectivity index (χ3v) is 28.0. The van der Waals surface area contributed by atoms with E-state index in [-0.39, 0.29) is 33.9 Å². The molecule has 0 bridgehead atoms. The molecule has 0 spiro atoms. The quantitative estimate of drug-likeness (QED) is 0.102. The summed E-state index contributed by atoms with van der Waals surface area (Å²) in [6.45, 7) is 35.8. The maximum atomic E-state index is 7.40. The van der Waals surface area contributed by atoms with Gasteiger partial charge in [0.2, 0.25) is 0 Å². The van der Waals surface area contributed by atoms with Crippen LogP contribution in [0.5, 0.6) is 0 Å². The van der Waals surface area contributed by atoms with Crippen LogP contribution in [0.4, 0.5) is 0 Å². The molecule has 0 aromatic heterocycles. The molecular formula is C52H84O10Si3. The lowest BCUT2D eigenvalue weighted by Crippen LogP contribution is -2.63. The summed E-state index contributed by atoms with van der Waals surface area (Å²) >= 11 is 0. The number of hydrogen-bond acceptors (Lipinski definition) is 10. The van der Waals surface area contributed by atoms with E-state index >= 15 is 0 Å². The van der Waals surface area contributed by atoms with Crippen molar-refractivity contribution in [2.24, 2.45) is 0 Å². The molecule has 2 heterocycles. The van der Waals surface area contributed by atoms with E-state index in [1.165, 1.54) is 0 Å². The molecule has 0 radical (unpaired) electrons. The smallest absolute Gasteiger partial charge is 0.192 e. The zero-order valence-electron chi connectivity index (χ0n) is 42.7. The topological polar surface area (TPSA) is 92.3 Å². The number of rotatable bonds is 20. The summed E-state index contributed by atoms with van der Waals surface area (Å²) in [6.07, 6.45) is -4.47. The van der Waals surface area contributed by atoms with Gasteiger partial charge in [0, 0.05) is 13.5 Å². The van der Waals surface area contributed by atoms with Crippen molar-refractivity contribution in [1.29, 1.82) is 0 Å². The molecule has 0 N–H and O–H groups in total. The third-order valence-electron chi connectivity index (χ3n) is 14.5. The van der Waals surface area contributed by atoms with Crippen molar-refractivity contribution >= 4 is 25.0 Å². The normalized spacial score (nSPS) is 26.3. The lowest BCUT2D eigenvalue weighted by molar-refractivity contribution is -0.332. The van der Waals surface area contributed by atoms with Gasteiger partial charge in [0.1, 0.15) is 30.5 Å². The number of benzene rings is 3. The first-order chi connectivity index (χ1) is 30.3. The second-order valence-corrected chi connectivity index (χ2v) is 36.9. The second kappa shape index (κ2) is 22.6. The van der Waals surface area contributed by atoms with Crippen LogP contribution in [0.25, 0.3) is 0 Å². The maximum Gasteiger partial charge on any atom is 0.192 e. The van der Waals surface area contributed by atoms with Crippen LogP contribution in [0.2, 0.25) is 54.4 Å². The van der Waals surface area contributed by atoms with Crippen molar-refractivity contribution in [2.45, 2.75) is 198 Å². The third kappa shape index (κ3) is 14.7. The highest BCUT2D eigenvalue weighted by atomic mass is 28.4. The van der Waals surface area contributed by atoms with E-state index in [1.54, 1.807) is 7.11 Å². The van der Waals surface area contributed by atoms with Crippen LogP contribution in [0.1, 0.15) is 85.4 Å². The van der Waals surface area contributed by atoms with Crippen molar-refractivity contribution in [1.82, 2.24) is 0 Å². The van der Waals surface area contributed by atoms with Crippen LogP contribution in [0.15, 0.2) is 91.0 Å². The highest BCUT2D eigenvalue weighted by Crippen LogP contribution is 2.44. The van der Waals surface area contributed by atoms with E-state index in [4.69, 9.17) is 46.4 Å². The van der Waals surface area contributed by atoms with Gasteiger partial charge in [0.25, 0.3) is 0 Å². The molecule has 10 nitrogen and oxygen atoms in total. The van der Waals surface area contributed by atoms with E-state index < -0.39 is 68.1 Å². The molecule has 2 aliphatic rings. The van der Waals surface area contributed by atoms with Gasteiger partial charge in [0.05, 0.1) is 45.2 Å². The highest BCUT2D eigenvalue weighted by molar-refractivity contribution is 6.75. The fourth-order valence-electron chi connectivity index (χ4n) is 7.25. The first-order valence-corrected chi connectivity index (χ1v) is 32.5. The van der Waals surface area contributed by atoms with Gasteiger partial charge in [-0.05, 0) is 71.1 Å². The monoisotopic (exact) mass is 953 g/mol. The summed E-state index contributed by atoms with van der Waals surface area (Å²) in [5.41, 5.74) is 3.10. The molecule has 0 saturated carbocycles. The minimum absolute atomic E-state index is 0.0111. The molecule has 364 valence electrons. The molecule has 4 unspecified atom stereocenters. The van der Waals surface area contributed by atoms with Crippen LogP contribution in [0, 0.1) is 0 Å². The first-order valence-electron chi connectivity index (χ1n) is 23.7. The van der Waals surface area contributed by atoms with Gasteiger partial charge >= 0.3 is 0 Å². The summed E-state index contributed by atoms with van der Waals surface area (Å²) in [5, 5.41) is -0.0464. The Morgan fingerprint density at radius 1 is 0.477 bits per heavy atom. The highest BCUT2D eigenvalue weighted by Gasteiger charge is 2.53. The molecule has 2 saturated heterocycles. The summed E-state index contributed by atoms with van der Waals surface area (Å²) < 4.78 is 69.2. The Hall–Kier alpha value is -2.09. The van der Waals surface area contributed by atoms with Gasteiger partial charge in [-0.15, -0.1) is 0 Å². The van der Waals surface area contributed by atoms with Gasteiger partial charge in [-0.1, -0.05) is 153 Å². The molecule has 65 heavy (non-hydrogen) atoms. The SMILES string of the molecule is CO[C@H]1OC(CO[C@@H]2C[C@@H](O[Si](C)(C)C(C)(C)C)[C@@H](O[Si](C)(C)C(C)(C)C)C(CO[Si](C)(C)C(C)(C)C)O2)[C@@H](OCc2ccccc2)C(OCc2ccccc2)C1OCc1ccccc1. The van der Waals surface area contributed by atoms with Crippen LogP contribution in [-0.2, 0) is 66.3 Å². The van der Waals surface area contributed by atoms with Gasteiger partial charge in [-0.3, -0.25) is 0 Å². The minimum atomic E-state index is -2.32. The molecule has 0 aliphatic carbocycles. The van der Waals surface area contributed by atoms with Crippen molar-refractivity contribution in [3.63, 3.8) is 0 Å². The maximum absolute atomic E-state index is 7.40. The van der Waals surface area contributed by atoms with E-state index in [9.17, 15) is 0 Å². The Kier molecular flexibility index (Phi) is 18.7. The molecule has 3 aromatic carbocycles. The Bertz CT molecular complexity index is 1850. The van der Waals surface area contributed by atoms with Crippen LogP contribution < -0.4 is 0 Å². The zero-order chi connectivity index (χ0) is 47.8. The summed E-state index contributed by atoms with van der Waals surface area (Å²) in [5.74, 6) is 0. The lowest BCUT2D eigenvalue weighted by Gasteiger charge is -2.51. The van der Waals surface area contributed by atoms with Gasteiger partial charge < -0.3 is 46.4 Å². The average molecular weight is 953 g/mol. The van der Waals surface area contributed by atoms with Crippen molar-refractivity contribution in [3.05, 3.63) is 108 Å². The zero-order valence-corrected chi connectivity index (χ0v) is 45.7. The van der Waals surface area contributed by atoms with E-state index in [0.717, 1.165) is 16.7 Å². The molecular weight excluding hydrogens is 869 g/mol. The fraction of sp³-hybridized carbons (Fsp3) is 0.654. The number of methoxy groups -OCH3 is 1. The molecule has 3 aromatic rings. The first kappa shape index (κ1) is 53.9. The molecule has 13 heteroatoms. The predicted molar refractivity (Wildman–Crippen MR) is 267 cm³/mol. The standard InChI is InChI=1S/C52H84O10Si3/c1-50(2,3)63(11,12)58-37-43-45(62-65(15,16)52(7,8)9)41(61-64(13,14)51(4,5)6)32-44(59-43)54-36-42-46(55-33-38-26-20-17-21-27-38)47(56-34-39-28-22-18-23-29-39)48(49(53-10)60-42)57-35-40-30-24-19-25-31-40/h17-31,41-49H,32-37H2,1-16H3/t41-,42?,43?,44+,45-,46-,47?,48?,49+/m1/s1. The van der Waals surface area contributed by atoms with Gasteiger partial charge in [-0.25, -0.2) is 0 Å². The van der Waals surface area contributed by atoms with Crippen LogP contribution >= 0.6 is 0 Å². The molecule has 5 rings (SSSR count). The van der Waals surface area contributed by atoms with Crippen molar-refractivity contribution in [3.8, 4) is 0 Å². The molecule has 9 atom stereocenters. The average Bonchev–Trinajstić information content (AvgIpc) is 3.23. The minimum Gasteiger partial charge on any atom is -0.414 e. The largest absolute Gasteiger partial charge is 0.414 e. The van der Waals surface area contributed by atoms with E-state index in [1.807, 2.05) is 66.7 Å². The van der Waals surface area contributed by atoms with E-state index in [0.29, 0.717) is 32.8 Å². The Balaban J connectivity index is 1.50. The molecule has 2 aliphatic heterocycles. The summed E-state index contributed by atoms with van der Waals surface area (Å²) in [7, 11) is -5.17. The van der Waals surface area contributed by atoms with Crippen LogP contribution in [0.3, 0.4) is 0 Å². The van der Waals surface area contributed by atoms with Crippen molar-refractivity contribution in [2.75, 3.05) is 20.3 Å². The molecule has 2 fully saturated rings. The summed E-state index contributed by atoms with van der Waals surface area (Å²) in [4.78, 5) is 0. The second-order valence-electron chi connectivity index (χ2n) is 22.6. The Morgan fingerprint density at radius 3 is 1.34 bits per heavy atom. The fourth-order valence-corrected chi connectivity index (χ4v) is 10.9. The summed E-state index contributed by atoms with van der Waals surface area (Å²) in [6, 6.07) is 30.4. The Labute approximate surface area is 396 Å². The number of ether oxygens (including phenoxy) is 7. The van der Waals surface area contributed by atoms with Gasteiger partial charge in [-0.2, -0.15) is 0 Å². The lowest BCUT2D eigenvalue weighted by atomic mass is 9.97. The van der Waals surface area contributed by atoms with Crippen molar-refractivity contribution < 1.29 is 46.4 Å². The molecule has 0 amide bonds. The Morgan fingerprint density at radius 2 is 0.892 bits per heavy atom. The predicted octanol–water partition coefficient (Wildman–Crippen LogP) is 12.0.